The number of ether oxygens (including phenoxy) is 1. The van der Waals surface area contributed by atoms with E-state index in [-0.39, 0.29) is 19.1 Å². The van der Waals surface area contributed by atoms with Gasteiger partial charge in [-0.3, -0.25) is 0 Å². The van der Waals surface area contributed by atoms with E-state index in [0.717, 1.165) is 5.75 Å². The molecular weight excluding hydrogens is 246 g/mol. The van der Waals surface area contributed by atoms with Crippen LogP contribution in [0.1, 0.15) is 0 Å². The third kappa shape index (κ3) is 3.57. The molecule has 0 saturated heterocycles. The standard InChI is InChI=1S/C13H11N3O3/c17-16(18)13-14-8-10-15(13)9-4-5-11-19-12-6-2-1-3-7-12/h1-3,6-8,10H,9,11H2. The average molecular weight is 257 g/mol. The van der Waals surface area contributed by atoms with E-state index in [1.54, 1.807) is 0 Å². The van der Waals surface area contributed by atoms with Crippen LogP contribution in [0.3, 0.4) is 0 Å². The van der Waals surface area contributed by atoms with Gasteiger partial charge in [-0.1, -0.05) is 35.0 Å². The van der Waals surface area contributed by atoms with Crippen molar-refractivity contribution < 1.29 is 9.66 Å². The Morgan fingerprint density at radius 2 is 2.11 bits per heavy atom. The van der Waals surface area contributed by atoms with Gasteiger partial charge in [0, 0.05) is 0 Å². The number of rotatable bonds is 4. The normalized spacial score (nSPS) is 9.47. The molecule has 0 saturated carbocycles. The van der Waals surface area contributed by atoms with Crippen LogP contribution in [-0.4, -0.2) is 21.1 Å². The Labute approximate surface area is 109 Å². The number of benzene rings is 1. The second-order valence-electron chi connectivity index (χ2n) is 3.57. The average Bonchev–Trinajstić information content (AvgIpc) is 2.88. The van der Waals surface area contributed by atoms with Crippen molar-refractivity contribution in [2.75, 3.05) is 6.61 Å². The predicted octanol–water partition coefficient (Wildman–Crippen LogP) is 1.87. The highest BCUT2D eigenvalue weighted by Gasteiger charge is 2.11. The first-order valence-electron chi connectivity index (χ1n) is 5.56. The molecule has 0 bridgehead atoms. The van der Waals surface area contributed by atoms with Crippen LogP contribution in [0.4, 0.5) is 5.95 Å². The van der Waals surface area contributed by atoms with E-state index >= 15 is 0 Å². The second-order valence-corrected chi connectivity index (χ2v) is 3.57. The highest BCUT2D eigenvalue weighted by atomic mass is 16.6. The summed E-state index contributed by atoms with van der Waals surface area (Å²) in [5.41, 5.74) is 0. The van der Waals surface area contributed by atoms with E-state index in [9.17, 15) is 10.1 Å². The highest BCUT2D eigenvalue weighted by Crippen LogP contribution is 2.07. The summed E-state index contributed by atoms with van der Waals surface area (Å²) in [5.74, 6) is 6.12. The number of hydrogen-bond acceptors (Lipinski definition) is 4. The van der Waals surface area contributed by atoms with Crippen molar-refractivity contribution in [3.63, 3.8) is 0 Å². The predicted molar refractivity (Wildman–Crippen MR) is 68.6 cm³/mol. The van der Waals surface area contributed by atoms with E-state index in [1.807, 2.05) is 30.3 Å². The number of aromatic nitrogens is 2. The Kier molecular flexibility index (Phi) is 4.13. The zero-order chi connectivity index (χ0) is 13.5. The fourth-order valence-electron chi connectivity index (χ4n) is 1.42. The summed E-state index contributed by atoms with van der Waals surface area (Å²) in [6.45, 7) is 0.459. The summed E-state index contributed by atoms with van der Waals surface area (Å²) in [7, 11) is 0. The van der Waals surface area contributed by atoms with Crippen molar-refractivity contribution in [1.29, 1.82) is 0 Å². The van der Waals surface area contributed by atoms with E-state index in [2.05, 4.69) is 16.8 Å². The van der Waals surface area contributed by atoms with Crippen LogP contribution in [0.25, 0.3) is 0 Å². The second kappa shape index (κ2) is 6.21. The summed E-state index contributed by atoms with van der Waals surface area (Å²) >= 11 is 0. The Morgan fingerprint density at radius 1 is 1.32 bits per heavy atom. The number of nitrogens with zero attached hydrogens (tertiary/aromatic N) is 3. The van der Waals surface area contributed by atoms with Crippen LogP contribution in [0.5, 0.6) is 5.75 Å². The third-order valence-corrected chi connectivity index (χ3v) is 2.29. The lowest BCUT2D eigenvalue weighted by molar-refractivity contribution is -0.396. The lowest BCUT2D eigenvalue weighted by atomic mass is 10.3. The highest BCUT2D eigenvalue weighted by molar-refractivity contribution is 5.21. The van der Waals surface area contributed by atoms with Crippen LogP contribution >= 0.6 is 0 Å². The molecule has 2 rings (SSSR count). The summed E-state index contributed by atoms with van der Waals surface area (Å²) in [4.78, 5) is 13.7. The Hall–Kier alpha value is -2.81. The minimum Gasteiger partial charge on any atom is -0.481 e. The van der Waals surface area contributed by atoms with Gasteiger partial charge in [-0.05, 0) is 17.1 Å². The molecular formula is C13H11N3O3. The molecule has 1 heterocycles. The molecule has 0 unspecified atom stereocenters. The van der Waals surface area contributed by atoms with Crippen molar-refractivity contribution in [2.45, 2.75) is 6.54 Å². The molecule has 0 spiro atoms. The molecule has 0 radical (unpaired) electrons. The number of hydrogen-bond donors (Lipinski definition) is 0. The van der Waals surface area contributed by atoms with Crippen molar-refractivity contribution in [1.82, 2.24) is 9.55 Å². The van der Waals surface area contributed by atoms with Gasteiger partial charge in [0.15, 0.2) is 0 Å². The summed E-state index contributed by atoms with van der Waals surface area (Å²) in [5, 5.41) is 10.6. The topological polar surface area (TPSA) is 70.2 Å². The van der Waals surface area contributed by atoms with Crippen LogP contribution in [0.15, 0.2) is 42.7 Å². The quantitative estimate of drug-likeness (QED) is 0.476. The number of para-hydroxylation sites is 1. The molecule has 0 amide bonds. The molecule has 96 valence electrons. The number of imidazole rings is 1. The Balaban J connectivity index is 1.85. The summed E-state index contributed by atoms with van der Waals surface area (Å²) in [6, 6.07) is 9.32. The van der Waals surface area contributed by atoms with Crippen molar-refractivity contribution >= 4 is 5.95 Å². The van der Waals surface area contributed by atoms with Crippen molar-refractivity contribution in [3.05, 3.63) is 52.8 Å². The largest absolute Gasteiger partial charge is 0.481 e. The van der Waals surface area contributed by atoms with Gasteiger partial charge in [0.25, 0.3) is 0 Å². The van der Waals surface area contributed by atoms with E-state index in [0.29, 0.717) is 0 Å². The molecule has 0 aliphatic rings. The minimum atomic E-state index is -0.540. The first kappa shape index (κ1) is 12.6. The fourth-order valence-corrected chi connectivity index (χ4v) is 1.42. The molecule has 2 aromatic rings. The summed E-state index contributed by atoms with van der Waals surface area (Å²) < 4.78 is 6.74. The maximum absolute atomic E-state index is 10.6. The Morgan fingerprint density at radius 3 is 2.84 bits per heavy atom. The van der Waals surface area contributed by atoms with Gasteiger partial charge in [0.2, 0.25) is 0 Å². The minimum absolute atomic E-state index is 0.210. The smallest absolute Gasteiger partial charge is 0.435 e. The lowest BCUT2D eigenvalue weighted by Gasteiger charge is -1.99. The van der Waals surface area contributed by atoms with Crippen LogP contribution in [0.2, 0.25) is 0 Å². The first-order valence-corrected chi connectivity index (χ1v) is 5.56. The number of nitro groups is 1. The Bertz CT molecular complexity index is 611. The van der Waals surface area contributed by atoms with Gasteiger partial charge in [-0.25, -0.2) is 4.57 Å². The lowest BCUT2D eigenvalue weighted by Crippen LogP contribution is -2.02. The molecule has 6 heteroatoms. The SMILES string of the molecule is O=[N+]([O-])c1nccn1CC#CCOc1ccccc1. The molecule has 1 aromatic heterocycles. The zero-order valence-corrected chi connectivity index (χ0v) is 10.0. The molecule has 6 nitrogen and oxygen atoms in total. The van der Waals surface area contributed by atoms with Crippen LogP contribution in [-0.2, 0) is 6.54 Å². The maximum atomic E-state index is 10.6. The van der Waals surface area contributed by atoms with Crippen LogP contribution < -0.4 is 4.74 Å². The van der Waals surface area contributed by atoms with Gasteiger partial charge in [0.05, 0.1) is 0 Å². The van der Waals surface area contributed by atoms with E-state index in [1.165, 1.54) is 17.0 Å². The van der Waals surface area contributed by atoms with Gasteiger partial charge in [-0.2, -0.15) is 0 Å². The molecule has 0 aliphatic heterocycles. The van der Waals surface area contributed by atoms with Crippen molar-refractivity contribution in [3.8, 4) is 17.6 Å². The zero-order valence-electron chi connectivity index (χ0n) is 10.0. The third-order valence-electron chi connectivity index (χ3n) is 2.29. The molecule has 0 N–H and O–H groups in total. The maximum Gasteiger partial charge on any atom is 0.435 e. The van der Waals surface area contributed by atoms with Gasteiger partial charge in [-0.15, -0.1) is 0 Å². The fraction of sp³-hybridized carbons (Fsp3) is 0.154. The molecule has 1 aromatic carbocycles. The molecule has 0 aliphatic carbocycles. The van der Waals surface area contributed by atoms with E-state index < -0.39 is 4.92 Å². The van der Waals surface area contributed by atoms with Gasteiger partial charge < -0.3 is 14.9 Å². The van der Waals surface area contributed by atoms with Gasteiger partial charge >= 0.3 is 5.95 Å². The molecule has 0 fully saturated rings. The van der Waals surface area contributed by atoms with Crippen LogP contribution in [0, 0.1) is 22.0 Å². The van der Waals surface area contributed by atoms with E-state index in [4.69, 9.17) is 4.74 Å². The first-order chi connectivity index (χ1) is 9.27. The van der Waals surface area contributed by atoms with Crippen molar-refractivity contribution in [2.24, 2.45) is 0 Å². The summed E-state index contributed by atoms with van der Waals surface area (Å²) in [6.07, 6.45) is 2.89. The molecule has 19 heavy (non-hydrogen) atoms. The van der Waals surface area contributed by atoms with Gasteiger partial charge in [0.1, 0.15) is 31.3 Å². The monoisotopic (exact) mass is 257 g/mol. The molecule has 0 atom stereocenters.